The molecule has 2 nitrogen and oxygen atoms in total. The molecule has 16 heavy (non-hydrogen) atoms. The van der Waals surface area contributed by atoms with Crippen molar-refractivity contribution >= 4 is 5.69 Å². The number of nitrogens with one attached hydrogen (secondary N) is 1. The lowest BCUT2D eigenvalue weighted by molar-refractivity contribution is -0.115. The number of anilines is 1. The number of ether oxygens (including phenoxy) is 1. The van der Waals surface area contributed by atoms with E-state index in [1.807, 2.05) is 6.92 Å². The fourth-order valence-corrected chi connectivity index (χ4v) is 1.40. The van der Waals surface area contributed by atoms with E-state index in [1.54, 1.807) is 19.1 Å². The van der Waals surface area contributed by atoms with Gasteiger partial charge in [0.05, 0.1) is 7.11 Å². The molecule has 0 unspecified atom stereocenters. The Morgan fingerprint density at radius 2 is 1.81 bits per heavy atom. The number of hydrogen-bond donors (Lipinski definition) is 1. The summed E-state index contributed by atoms with van der Waals surface area (Å²) in [7, 11) is 1.53. The lowest BCUT2D eigenvalue weighted by atomic mass is 10.1. The van der Waals surface area contributed by atoms with Crippen LogP contribution in [0.2, 0.25) is 0 Å². The van der Waals surface area contributed by atoms with Crippen LogP contribution in [0.3, 0.4) is 0 Å². The Balaban J connectivity index is 2.87. The molecule has 0 spiro atoms. The third-order valence-corrected chi connectivity index (χ3v) is 2.44. The summed E-state index contributed by atoms with van der Waals surface area (Å²) in [6, 6.07) is 3.24. The average molecular weight is 233 g/mol. The molecule has 5 heteroatoms. The Labute approximate surface area is 92.4 Å². The van der Waals surface area contributed by atoms with E-state index in [0.29, 0.717) is 11.4 Å². The highest BCUT2D eigenvalue weighted by Gasteiger charge is 2.26. The van der Waals surface area contributed by atoms with E-state index in [1.165, 1.54) is 7.11 Å². The first-order valence-electron chi connectivity index (χ1n) is 4.80. The fourth-order valence-electron chi connectivity index (χ4n) is 1.40. The molecule has 0 aliphatic rings. The van der Waals surface area contributed by atoms with Crippen LogP contribution in [0.1, 0.15) is 11.1 Å². The van der Waals surface area contributed by atoms with Gasteiger partial charge in [-0.25, -0.2) is 0 Å². The van der Waals surface area contributed by atoms with Crippen LogP contribution in [-0.2, 0) is 0 Å². The molecule has 0 fully saturated rings. The van der Waals surface area contributed by atoms with E-state index in [4.69, 9.17) is 4.74 Å². The summed E-state index contributed by atoms with van der Waals surface area (Å²) in [6.07, 6.45) is -4.21. The van der Waals surface area contributed by atoms with Gasteiger partial charge >= 0.3 is 6.18 Å². The van der Waals surface area contributed by atoms with Crippen molar-refractivity contribution in [1.82, 2.24) is 0 Å². The maximum Gasteiger partial charge on any atom is 0.405 e. The summed E-state index contributed by atoms with van der Waals surface area (Å²) < 4.78 is 41.2. The van der Waals surface area contributed by atoms with Crippen LogP contribution >= 0.6 is 0 Å². The molecular formula is C11H14F3NO. The number of rotatable bonds is 3. The highest BCUT2D eigenvalue weighted by atomic mass is 19.4. The van der Waals surface area contributed by atoms with Crippen molar-refractivity contribution < 1.29 is 17.9 Å². The molecule has 1 aromatic carbocycles. The molecule has 0 atom stereocenters. The van der Waals surface area contributed by atoms with E-state index < -0.39 is 12.7 Å². The van der Waals surface area contributed by atoms with E-state index in [9.17, 15) is 13.2 Å². The summed E-state index contributed by atoms with van der Waals surface area (Å²) in [6.45, 7) is 2.54. The van der Waals surface area contributed by atoms with Crippen LogP contribution in [0.5, 0.6) is 5.75 Å². The highest BCUT2D eigenvalue weighted by Crippen LogP contribution is 2.28. The first kappa shape index (κ1) is 12.7. The zero-order valence-corrected chi connectivity index (χ0v) is 9.40. The fraction of sp³-hybridized carbons (Fsp3) is 0.455. The van der Waals surface area contributed by atoms with E-state index in [0.717, 1.165) is 11.1 Å². The summed E-state index contributed by atoms with van der Waals surface area (Å²) in [5.41, 5.74) is 2.09. The molecule has 0 saturated carbocycles. The molecule has 1 rings (SSSR count). The second-order valence-electron chi connectivity index (χ2n) is 3.53. The molecule has 0 aromatic heterocycles. The largest absolute Gasteiger partial charge is 0.496 e. The Hall–Kier alpha value is -1.39. The van der Waals surface area contributed by atoms with E-state index >= 15 is 0 Å². The van der Waals surface area contributed by atoms with E-state index in [-0.39, 0.29) is 0 Å². The first-order chi connectivity index (χ1) is 7.35. The Morgan fingerprint density at radius 1 is 1.19 bits per heavy atom. The lowest BCUT2D eigenvalue weighted by Crippen LogP contribution is -2.21. The third-order valence-electron chi connectivity index (χ3n) is 2.44. The smallest absolute Gasteiger partial charge is 0.405 e. The maximum absolute atomic E-state index is 12.0. The number of methoxy groups -OCH3 is 1. The predicted octanol–water partition coefficient (Wildman–Crippen LogP) is 3.29. The van der Waals surface area contributed by atoms with Gasteiger partial charge in [-0.3, -0.25) is 0 Å². The van der Waals surface area contributed by atoms with Crippen molar-refractivity contribution in [2.45, 2.75) is 20.0 Å². The standard InChI is InChI=1S/C11H14F3NO/c1-7-8(2)10(16-3)5-4-9(7)15-6-11(12,13)14/h4-5,15H,6H2,1-3H3. The first-order valence-corrected chi connectivity index (χ1v) is 4.80. The molecule has 0 bridgehead atoms. The van der Waals surface area contributed by atoms with Gasteiger partial charge in [0, 0.05) is 5.69 Å². The van der Waals surface area contributed by atoms with Crippen molar-refractivity contribution in [3.8, 4) is 5.75 Å². The summed E-state index contributed by atoms with van der Waals surface area (Å²) >= 11 is 0. The van der Waals surface area contributed by atoms with Gasteiger partial charge in [0.15, 0.2) is 0 Å². The monoisotopic (exact) mass is 233 g/mol. The SMILES string of the molecule is COc1ccc(NCC(F)(F)F)c(C)c1C. The molecule has 90 valence electrons. The summed E-state index contributed by atoms with van der Waals surface area (Å²) in [4.78, 5) is 0. The zero-order chi connectivity index (χ0) is 12.3. The molecule has 1 aromatic rings. The maximum atomic E-state index is 12.0. The topological polar surface area (TPSA) is 21.3 Å². The van der Waals surface area contributed by atoms with Crippen molar-refractivity contribution in [2.24, 2.45) is 0 Å². The minimum atomic E-state index is -4.21. The predicted molar refractivity (Wildman–Crippen MR) is 57.0 cm³/mol. The van der Waals surface area contributed by atoms with Crippen LogP contribution < -0.4 is 10.1 Å². The van der Waals surface area contributed by atoms with Crippen molar-refractivity contribution in [3.63, 3.8) is 0 Å². The molecule has 0 aliphatic carbocycles. The molecule has 0 aliphatic heterocycles. The minimum Gasteiger partial charge on any atom is -0.496 e. The quantitative estimate of drug-likeness (QED) is 0.865. The van der Waals surface area contributed by atoms with Gasteiger partial charge < -0.3 is 10.1 Å². The molecule has 0 amide bonds. The average Bonchev–Trinajstić information content (AvgIpc) is 2.19. The normalized spacial score (nSPS) is 11.4. The lowest BCUT2D eigenvalue weighted by Gasteiger charge is -2.15. The third kappa shape index (κ3) is 3.05. The van der Waals surface area contributed by atoms with Crippen molar-refractivity contribution in [2.75, 3.05) is 19.0 Å². The van der Waals surface area contributed by atoms with Gasteiger partial charge in [0.1, 0.15) is 12.3 Å². The van der Waals surface area contributed by atoms with Crippen LogP contribution in [0.4, 0.5) is 18.9 Å². The van der Waals surface area contributed by atoms with Gasteiger partial charge in [-0.2, -0.15) is 13.2 Å². The number of hydrogen-bond acceptors (Lipinski definition) is 2. The zero-order valence-electron chi connectivity index (χ0n) is 9.40. The van der Waals surface area contributed by atoms with Crippen LogP contribution in [0, 0.1) is 13.8 Å². The van der Waals surface area contributed by atoms with Gasteiger partial charge in [-0.05, 0) is 37.1 Å². The number of benzene rings is 1. The molecule has 0 saturated heterocycles. The number of alkyl halides is 3. The highest BCUT2D eigenvalue weighted by molar-refractivity contribution is 5.58. The van der Waals surface area contributed by atoms with Gasteiger partial charge in [0.2, 0.25) is 0 Å². The van der Waals surface area contributed by atoms with Crippen molar-refractivity contribution in [1.29, 1.82) is 0 Å². The second kappa shape index (κ2) is 4.63. The van der Waals surface area contributed by atoms with E-state index in [2.05, 4.69) is 5.32 Å². The summed E-state index contributed by atoms with van der Waals surface area (Å²) in [5.74, 6) is 0.676. The summed E-state index contributed by atoms with van der Waals surface area (Å²) in [5, 5.41) is 2.36. The minimum absolute atomic E-state index is 0.482. The number of halogens is 3. The van der Waals surface area contributed by atoms with Crippen molar-refractivity contribution in [3.05, 3.63) is 23.3 Å². The Morgan fingerprint density at radius 3 is 2.31 bits per heavy atom. The Bertz CT molecular complexity index is 374. The second-order valence-corrected chi connectivity index (χ2v) is 3.53. The molecule has 1 N–H and O–H groups in total. The van der Waals surface area contributed by atoms with Gasteiger partial charge in [0.25, 0.3) is 0 Å². The van der Waals surface area contributed by atoms with Gasteiger partial charge in [-0.15, -0.1) is 0 Å². The van der Waals surface area contributed by atoms with Crippen LogP contribution in [0.25, 0.3) is 0 Å². The van der Waals surface area contributed by atoms with Crippen LogP contribution in [0.15, 0.2) is 12.1 Å². The van der Waals surface area contributed by atoms with Crippen LogP contribution in [-0.4, -0.2) is 19.8 Å². The Kier molecular flexibility index (Phi) is 3.67. The molecular weight excluding hydrogens is 219 g/mol. The molecule has 0 radical (unpaired) electrons. The van der Waals surface area contributed by atoms with Gasteiger partial charge in [-0.1, -0.05) is 0 Å². The molecule has 0 heterocycles.